The van der Waals surface area contributed by atoms with E-state index in [1.54, 1.807) is 18.6 Å². The van der Waals surface area contributed by atoms with E-state index in [1.165, 1.54) is 18.9 Å². The molecule has 0 unspecified atom stereocenters. The van der Waals surface area contributed by atoms with Crippen LogP contribution in [-0.4, -0.2) is 6.04 Å². The van der Waals surface area contributed by atoms with E-state index in [-0.39, 0.29) is 5.82 Å². The van der Waals surface area contributed by atoms with Gasteiger partial charge in [-0.25, -0.2) is 4.39 Å². The molecule has 2 aromatic rings. The lowest BCUT2D eigenvalue weighted by Gasteiger charge is -2.06. The van der Waals surface area contributed by atoms with Crippen LogP contribution in [0.3, 0.4) is 0 Å². The minimum absolute atomic E-state index is 0.148. The second-order valence-electron chi connectivity index (χ2n) is 4.47. The molecule has 0 radical (unpaired) electrons. The number of furan rings is 1. The molecule has 17 heavy (non-hydrogen) atoms. The normalized spacial score (nSPS) is 15.1. The molecule has 1 aromatic carbocycles. The van der Waals surface area contributed by atoms with Crippen molar-refractivity contribution in [3.8, 4) is 11.1 Å². The third-order valence-corrected chi connectivity index (χ3v) is 3.06. The molecule has 88 valence electrons. The van der Waals surface area contributed by atoms with Gasteiger partial charge in [-0.1, -0.05) is 6.07 Å². The van der Waals surface area contributed by atoms with Gasteiger partial charge in [0.15, 0.2) is 0 Å². The smallest absolute Gasteiger partial charge is 0.127 e. The van der Waals surface area contributed by atoms with Crippen LogP contribution in [0.15, 0.2) is 41.2 Å². The van der Waals surface area contributed by atoms with E-state index in [0.29, 0.717) is 12.6 Å². The molecule has 1 aliphatic rings. The zero-order valence-corrected chi connectivity index (χ0v) is 9.45. The number of benzene rings is 1. The van der Waals surface area contributed by atoms with Crippen molar-refractivity contribution in [2.45, 2.75) is 25.4 Å². The van der Waals surface area contributed by atoms with Crippen LogP contribution in [-0.2, 0) is 6.54 Å². The molecule has 1 N–H and O–H groups in total. The van der Waals surface area contributed by atoms with Gasteiger partial charge >= 0.3 is 0 Å². The van der Waals surface area contributed by atoms with Gasteiger partial charge in [-0.3, -0.25) is 0 Å². The van der Waals surface area contributed by atoms with Gasteiger partial charge in [-0.15, -0.1) is 0 Å². The summed E-state index contributed by atoms with van der Waals surface area (Å²) in [6, 6.07) is 7.65. The summed E-state index contributed by atoms with van der Waals surface area (Å²) >= 11 is 0. The fourth-order valence-corrected chi connectivity index (χ4v) is 1.86. The molecule has 2 nitrogen and oxygen atoms in total. The van der Waals surface area contributed by atoms with Crippen LogP contribution in [0.4, 0.5) is 4.39 Å². The molecule has 1 saturated carbocycles. The molecular weight excluding hydrogens is 217 g/mol. The van der Waals surface area contributed by atoms with Crippen molar-refractivity contribution >= 4 is 0 Å². The molecule has 0 amide bonds. The van der Waals surface area contributed by atoms with Gasteiger partial charge in [-0.05, 0) is 36.6 Å². The predicted molar refractivity (Wildman–Crippen MR) is 64.0 cm³/mol. The number of nitrogens with one attached hydrogen (secondary N) is 1. The second kappa shape index (κ2) is 4.34. The van der Waals surface area contributed by atoms with Crippen molar-refractivity contribution in [2.24, 2.45) is 0 Å². The Morgan fingerprint density at radius 3 is 2.82 bits per heavy atom. The van der Waals surface area contributed by atoms with Crippen LogP contribution >= 0.6 is 0 Å². The Bertz CT molecular complexity index is 503. The summed E-state index contributed by atoms with van der Waals surface area (Å²) in [4.78, 5) is 0. The van der Waals surface area contributed by atoms with E-state index in [4.69, 9.17) is 4.42 Å². The Kier molecular flexibility index (Phi) is 2.69. The molecule has 1 fully saturated rings. The van der Waals surface area contributed by atoms with Crippen molar-refractivity contribution in [3.05, 3.63) is 48.2 Å². The number of hydrogen-bond acceptors (Lipinski definition) is 2. The average Bonchev–Trinajstić information content (AvgIpc) is 3.00. The lowest BCUT2D eigenvalue weighted by atomic mass is 10.1. The van der Waals surface area contributed by atoms with Crippen LogP contribution < -0.4 is 5.32 Å². The van der Waals surface area contributed by atoms with Gasteiger partial charge in [-0.2, -0.15) is 0 Å². The Hall–Kier alpha value is -1.61. The van der Waals surface area contributed by atoms with Crippen LogP contribution in [0.5, 0.6) is 0 Å². The van der Waals surface area contributed by atoms with Crippen molar-refractivity contribution in [2.75, 3.05) is 0 Å². The van der Waals surface area contributed by atoms with E-state index in [2.05, 4.69) is 5.32 Å². The zero-order valence-electron chi connectivity index (χ0n) is 9.45. The quantitative estimate of drug-likeness (QED) is 0.873. The van der Waals surface area contributed by atoms with E-state index < -0.39 is 0 Å². The highest BCUT2D eigenvalue weighted by molar-refractivity contribution is 5.62. The molecule has 1 heterocycles. The highest BCUT2D eigenvalue weighted by Gasteiger charge is 2.20. The van der Waals surface area contributed by atoms with Gasteiger partial charge < -0.3 is 9.73 Å². The summed E-state index contributed by atoms with van der Waals surface area (Å²) in [5.74, 6) is -0.148. The first-order chi connectivity index (χ1) is 8.33. The van der Waals surface area contributed by atoms with E-state index in [1.807, 2.05) is 12.1 Å². The maximum atomic E-state index is 13.6. The molecule has 1 aromatic heterocycles. The molecule has 0 bridgehead atoms. The molecule has 0 aliphatic heterocycles. The minimum atomic E-state index is -0.148. The second-order valence-corrected chi connectivity index (χ2v) is 4.47. The third kappa shape index (κ3) is 2.39. The summed E-state index contributed by atoms with van der Waals surface area (Å²) in [7, 11) is 0. The molecule has 0 atom stereocenters. The standard InChI is InChI=1S/C14H14FNO/c15-14-4-1-10(11-5-6-17-9-11)7-12(14)8-16-13-2-3-13/h1,4-7,9,13,16H,2-3,8H2. The largest absolute Gasteiger partial charge is 0.472 e. The minimum Gasteiger partial charge on any atom is -0.472 e. The topological polar surface area (TPSA) is 25.2 Å². The monoisotopic (exact) mass is 231 g/mol. The first-order valence-electron chi connectivity index (χ1n) is 5.87. The van der Waals surface area contributed by atoms with Crippen molar-refractivity contribution in [1.29, 1.82) is 0 Å². The number of rotatable bonds is 4. The fraction of sp³-hybridized carbons (Fsp3) is 0.286. The van der Waals surface area contributed by atoms with Gasteiger partial charge in [0.25, 0.3) is 0 Å². The Labute approximate surface area is 99.5 Å². The van der Waals surface area contributed by atoms with E-state index in [9.17, 15) is 4.39 Å². The summed E-state index contributed by atoms with van der Waals surface area (Å²) in [6.07, 6.45) is 5.72. The van der Waals surface area contributed by atoms with E-state index >= 15 is 0 Å². The van der Waals surface area contributed by atoms with Gasteiger partial charge in [0.05, 0.1) is 12.5 Å². The number of hydrogen-bond donors (Lipinski definition) is 1. The average molecular weight is 231 g/mol. The maximum Gasteiger partial charge on any atom is 0.127 e. The molecule has 0 spiro atoms. The highest BCUT2D eigenvalue weighted by atomic mass is 19.1. The summed E-state index contributed by atoms with van der Waals surface area (Å²) in [5, 5.41) is 3.32. The van der Waals surface area contributed by atoms with Crippen molar-refractivity contribution in [1.82, 2.24) is 5.32 Å². The van der Waals surface area contributed by atoms with Gasteiger partial charge in [0, 0.05) is 23.7 Å². The molecule has 0 saturated heterocycles. The van der Waals surface area contributed by atoms with Crippen LogP contribution in [0.1, 0.15) is 18.4 Å². The Morgan fingerprint density at radius 2 is 2.12 bits per heavy atom. The molecule has 3 heteroatoms. The summed E-state index contributed by atoms with van der Waals surface area (Å²) in [5.41, 5.74) is 2.70. The van der Waals surface area contributed by atoms with Crippen molar-refractivity contribution in [3.63, 3.8) is 0 Å². The zero-order chi connectivity index (χ0) is 11.7. The molecule has 1 aliphatic carbocycles. The van der Waals surface area contributed by atoms with Crippen LogP contribution in [0.25, 0.3) is 11.1 Å². The molecular formula is C14H14FNO. The Balaban J connectivity index is 1.83. The highest BCUT2D eigenvalue weighted by Crippen LogP contribution is 2.24. The third-order valence-electron chi connectivity index (χ3n) is 3.06. The summed E-state index contributed by atoms with van der Waals surface area (Å²) < 4.78 is 18.7. The lowest BCUT2D eigenvalue weighted by Crippen LogP contribution is -2.16. The number of halogens is 1. The predicted octanol–water partition coefficient (Wildman–Crippen LogP) is 3.34. The van der Waals surface area contributed by atoms with Crippen LogP contribution in [0.2, 0.25) is 0 Å². The summed E-state index contributed by atoms with van der Waals surface area (Å²) in [6.45, 7) is 0.599. The fourth-order valence-electron chi connectivity index (χ4n) is 1.86. The Morgan fingerprint density at radius 1 is 1.24 bits per heavy atom. The SMILES string of the molecule is Fc1ccc(-c2ccoc2)cc1CNC1CC1. The van der Waals surface area contributed by atoms with Crippen molar-refractivity contribution < 1.29 is 8.81 Å². The van der Waals surface area contributed by atoms with E-state index in [0.717, 1.165) is 16.7 Å². The van der Waals surface area contributed by atoms with Crippen LogP contribution in [0, 0.1) is 5.82 Å². The first kappa shape index (κ1) is 10.5. The molecule has 3 rings (SSSR count). The van der Waals surface area contributed by atoms with Gasteiger partial charge in [0.2, 0.25) is 0 Å². The van der Waals surface area contributed by atoms with Gasteiger partial charge in [0.1, 0.15) is 5.82 Å². The lowest BCUT2D eigenvalue weighted by molar-refractivity contribution is 0.568. The maximum absolute atomic E-state index is 13.6. The first-order valence-corrected chi connectivity index (χ1v) is 5.87.